The lowest BCUT2D eigenvalue weighted by molar-refractivity contribution is -0.134. The van der Waals surface area contributed by atoms with Crippen LogP contribution in [-0.2, 0) is 15.3 Å². The minimum Gasteiger partial charge on any atom is -0.369 e. The number of carbonyl (C=O) groups excluding carboxylic acids is 2. The molecule has 0 aromatic heterocycles. The monoisotopic (exact) mass is 306 g/mol. The highest BCUT2D eigenvalue weighted by Crippen LogP contribution is 2.22. The molecule has 4 nitrogen and oxygen atoms in total. The molecule has 0 aliphatic carbocycles. The molecule has 1 fully saturated rings. The normalized spacial score (nSPS) is 20.0. The van der Waals surface area contributed by atoms with Crippen molar-refractivity contribution in [2.24, 2.45) is 11.7 Å². The highest BCUT2D eigenvalue weighted by Gasteiger charge is 2.29. The van der Waals surface area contributed by atoms with Gasteiger partial charge in [0.25, 0.3) is 0 Å². The number of thioether (sulfide) groups is 1. The van der Waals surface area contributed by atoms with Crippen LogP contribution in [0.4, 0.5) is 0 Å². The summed E-state index contributed by atoms with van der Waals surface area (Å²) in [6.45, 7) is 3.15. The van der Waals surface area contributed by atoms with Crippen LogP contribution in [0.2, 0.25) is 0 Å². The molecule has 0 bridgehead atoms. The van der Waals surface area contributed by atoms with E-state index in [1.54, 1.807) is 16.7 Å². The molecule has 1 aliphatic heterocycles. The second kappa shape index (κ2) is 7.50. The molecule has 0 radical (unpaired) electrons. The maximum atomic E-state index is 12.4. The highest BCUT2D eigenvalue weighted by atomic mass is 32.2. The van der Waals surface area contributed by atoms with E-state index in [9.17, 15) is 9.59 Å². The average Bonchev–Trinajstić information content (AvgIpc) is 2.53. The minimum absolute atomic E-state index is 0.100. The first-order chi connectivity index (χ1) is 10.1. The van der Waals surface area contributed by atoms with Gasteiger partial charge in [-0.1, -0.05) is 30.3 Å². The van der Waals surface area contributed by atoms with E-state index in [1.807, 2.05) is 25.1 Å². The van der Waals surface area contributed by atoms with Crippen LogP contribution in [0.1, 0.15) is 25.3 Å². The molecule has 1 aromatic carbocycles. The fraction of sp³-hybridized carbons (Fsp3) is 0.500. The summed E-state index contributed by atoms with van der Waals surface area (Å²) < 4.78 is 0. The molecular weight excluding hydrogens is 284 g/mol. The van der Waals surface area contributed by atoms with Crippen LogP contribution in [0.15, 0.2) is 30.3 Å². The number of piperidine rings is 1. The zero-order valence-electron chi connectivity index (χ0n) is 12.3. The van der Waals surface area contributed by atoms with E-state index < -0.39 is 0 Å². The summed E-state index contributed by atoms with van der Waals surface area (Å²) in [5, 5.41) is -0.100. The van der Waals surface area contributed by atoms with E-state index in [1.165, 1.54) is 5.56 Å². The minimum atomic E-state index is -0.294. The van der Waals surface area contributed by atoms with Crippen molar-refractivity contribution in [2.45, 2.75) is 30.8 Å². The topological polar surface area (TPSA) is 63.4 Å². The quantitative estimate of drug-likeness (QED) is 0.905. The molecule has 0 saturated carbocycles. The van der Waals surface area contributed by atoms with Gasteiger partial charge >= 0.3 is 0 Å². The molecule has 1 aromatic rings. The summed E-state index contributed by atoms with van der Waals surface area (Å²) in [5.74, 6) is 0.453. The van der Waals surface area contributed by atoms with E-state index >= 15 is 0 Å². The molecule has 1 heterocycles. The van der Waals surface area contributed by atoms with Gasteiger partial charge in [0.05, 0.1) is 11.2 Å². The van der Waals surface area contributed by atoms with Gasteiger partial charge in [-0.3, -0.25) is 9.59 Å². The van der Waals surface area contributed by atoms with Crippen molar-refractivity contribution in [2.75, 3.05) is 13.1 Å². The molecule has 114 valence electrons. The second-order valence-electron chi connectivity index (χ2n) is 5.46. The van der Waals surface area contributed by atoms with E-state index in [4.69, 9.17) is 5.73 Å². The maximum Gasteiger partial charge on any atom is 0.235 e. The van der Waals surface area contributed by atoms with Crippen molar-refractivity contribution in [1.82, 2.24) is 4.90 Å². The Morgan fingerprint density at radius 2 is 2.10 bits per heavy atom. The Balaban J connectivity index is 1.85. The van der Waals surface area contributed by atoms with Gasteiger partial charge in [0.1, 0.15) is 0 Å². The van der Waals surface area contributed by atoms with Gasteiger partial charge in [0.15, 0.2) is 0 Å². The molecule has 2 N–H and O–H groups in total. The van der Waals surface area contributed by atoms with Crippen molar-refractivity contribution in [1.29, 1.82) is 0 Å². The number of amides is 2. The highest BCUT2D eigenvalue weighted by molar-refractivity contribution is 7.99. The molecule has 2 unspecified atom stereocenters. The van der Waals surface area contributed by atoms with Crippen molar-refractivity contribution in [3.63, 3.8) is 0 Å². The Morgan fingerprint density at radius 1 is 1.38 bits per heavy atom. The zero-order chi connectivity index (χ0) is 15.2. The SMILES string of the molecule is CC(SCc1ccccc1)C(=O)N1CCCC(C(N)=O)C1. The first kappa shape index (κ1) is 15.9. The molecule has 2 amide bonds. The Kier molecular flexibility index (Phi) is 5.67. The summed E-state index contributed by atoms with van der Waals surface area (Å²) in [6, 6.07) is 10.1. The molecule has 2 atom stereocenters. The van der Waals surface area contributed by atoms with Gasteiger partial charge in [-0.25, -0.2) is 0 Å². The number of benzene rings is 1. The standard InChI is InChI=1S/C16H22N2O2S/c1-12(21-11-13-6-3-2-4-7-13)16(20)18-9-5-8-14(10-18)15(17)19/h2-4,6-7,12,14H,5,8-11H2,1H3,(H2,17,19). The lowest BCUT2D eigenvalue weighted by Crippen LogP contribution is -2.46. The van der Waals surface area contributed by atoms with E-state index in [-0.39, 0.29) is 23.0 Å². The van der Waals surface area contributed by atoms with Crippen molar-refractivity contribution < 1.29 is 9.59 Å². The predicted octanol–water partition coefficient (Wildman–Crippen LogP) is 2.03. The van der Waals surface area contributed by atoms with E-state index in [2.05, 4.69) is 12.1 Å². The molecule has 5 heteroatoms. The third kappa shape index (κ3) is 4.49. The van der Waals surface area contributed by atoms with Gasteiger partial charge in [0.2, 0.25) is 11.8 Å². The van der Waals surface area contributed by atoms with Gasteiger partial charge in [-0.2, -0.15) is 0 Å². The summed E-state index contributed by atoms with van der Waals surface area (Å²) in [7, 11) is 0. The fourth-order valence-corrected chi connectivity index (χ4v) is 3.46. The third-order valence-electron chi connectivity index (χ3n) is 3.83. The number of carbonyl (C=O) groups is 2. The van der Waals surface area contributed by atoms with Gasteiger partial charge in [-0.05, 0) is 25.3 Å². The Labute approximate surface area is 130 Å². The zero-order valence-corrected chi connectivity index (χ0v) is 13.1. The van der Waals surface area contributed by atoms with Crippen LogP contribution in [0.5, 0.6) is 0 Å². The summed E-state index contributed by atoms with van der Waals surface area (Å²) >= 11 is 1.63. The van der Waals surface area contributed by atoms with Crippen LogP contribution in [0.25, 0.3) is 0 Å². The molecule has 0 spiro atoms. The fourth-order valence-electron chi connectivity index (χ4n) is 2.53. The largest absolute Gasteiger partial charge is 0.369 e. The van der Waals surface area contributed by atoms with E-state index in [0.717, 1.165) is 25.1 Å². The molecule has 21 heavy (non-hydrogen) atoms. The number of hydrogen-bond donors (Lipinski definition) is 1. The Morgan fingerprint density at radius 3 is 2.76 bits per heavy atom. The van der Waals surface area contributed by atoms with Gasteiger partial charge in [0, 0.05) is 18.8 Å². The van der Waals surface area contributed by atoms with E-state index in [0.29, 0.717) is 6.54 Å². The van der Waals surface area contributed by atoms with Crippen LogP contribution in [-0.4, -0.2) is 35.1 Å². The van der Waals surface area contributed by atoms with Crippen LogP contribution < -0.4 is 5.73 Å². The summed E-state index contributed by atoms with van der Waals surface area (Å²) in [6.07, 6.45) is 1.65. The number of rotatable bonds is 5. The number of hydrogen-bond acceptors (Lipinski definition) is 3. The van der Waals surface area contributed by atoms with Crippen molar-refractivity contribution in [3.05, 3.63) is 35.9 Å². The van der Waals surface area contributed by atoms with Gasteiger partial charge in [-0.15, -0.1) is 11.8 Å². The Hall–Kier alpha value is -1.49. The smallest absolute Gasteiger partial charge is 0.235 e. The number of nitrogens with zero attached hydrogens (tertiary/aromatic N) is 1. The van der Waals surface area contributed by atoms with Crippen molar-refractivity contribution >= 4 is 23.6 Å². The first-order valence-corrected chi connectivity index (χ1v) is 8.36. The Bertz CT molecular complexity index is 492. The lowest BCUT2D eigenvalue weighted by Gasteiger charge is -2.32. The first-order valence-electron chi connectivity index (χ1n) is 7.31. The third-order valence-corrected chi connectivity index (χ3v) is 5.03. The van der Waals surface area contributed by atoms with Crippen LogP contribution in [0.3, 0.4) is 0 Å². The summed E-state index contributed by atoms with van der Waals surface area (Å²) in [4.78, 5) is 25.5. The molecule has 1 saturated heterocycles. The number of likely N-dealkylation sites (tertiary alicyclic amines) is 1. The van der Waals surface area contributed by atoms with Crippen LogP contribution >= 0.6 is 11.8 Å². The maximum absolute atomic E-state index is 12.4. The molecule has 1 aliphatic rings. The lowest BCUT2D eigenvalue weighted by atomic mass is 9.97. The van der Waals surface area contributed by atoms with Crippen LogP contribution in [0, 0.1) is 5.92 Å². The second-order valence-corrected chi connectivity index (χ2v) is 6.79. The molecular formula is C16H22N2O2S. The number of nitrogens with two attached hydrogens (primary N) is 1. The average molecular weight is 306 g/mol. The predicted molar refractivity (Wildman–Crippen MR) is 85.7 cm³/mol. The number of primary amides is 1. The van der Waals surface area contributed by atoms with Gasteiger partial charge < -0.3 is 10.6 Å². The van der Waals surface area contributed by atoms with Crippen molar-refractivity contribution in [3.8, 4) is 0 Å². The summed E-state index contributed by atoms with van der Waals surface area (Å²) in [5.41, 5.74) is 6.58. The molecule has 2 rings (SSSR count).